The van der Waals surface area contributed by atoms with Crippen LogP contribution in [0.15, 0.2) is 24.3 Å². The monoisotopic (exact) mass is 396 g/mol. The first-order valence-electron chi connectivity index (χ1n) is 10.8. The third-order valence-electron chi connectivity index (χ3n) is 8.53. The molecule has 2 bridgehead atoms. The Labute approximate surface area is 169 Å². The first-order valence-corrected chi connectivity index (χ1v) is 13.7. The molecule has 0 aromatic heterocycles. The number of allylic oxidation sites excluding steroid dienone is 1. The van der Waals surface area contributed by atoms with E-state index in [0.717, 1.165) is 24.3 Å². The second kappa shape index (κ2) is 5.53. The van der Waals surface area contributed by atoms with Crippen LogP contribution >= 0.6 is 0 Å². The largest absolute Gasteiger partial charge is 0.541 e. The number of ketones is 1. The van der Waals surface area contributed by atoms with Gasteiger partial charge in [0.05, 0.1) is 5.41 Å². The molecule has 1 spiro atoms. The molecule has 28 heavy (non-hydrogen) atoms. The van der Waals surface area contributed by atoms with E-state index < -0.39 is 8.32 Å². The Morgan fingerprint density at radius 3 is 2.71 bits per heavy atom. The van der Waals surface area contributed by atoms with Crippen LogP contribution in [0.4, 0.5) is 0 Å². The normalized spacial score (nSPS) is 35.4. The summed E-state index contributed by atoms with van der Waals surface area (Å²) in [5, 5.41) is 0.116. The summed E-state index contributed by atoms with van der Waals surface area (Å²) in [7, 11) is -2.00. The topological polar surface area (TPSA) is 35.5 Å². The van der Waals surface area contributed by atoms with Crippen molar-refractivity contribution in [2.24, 2.45) is 17.8 Å². The molecule has 3 unspecified atom stereocenters. The number of benzene rings is 1. The average molecular weight is 397 g/mol. The molecule has 1 aliphatic heterocycles. The predicted octanol–water partition coefficient (Wildman–Crippen LogP) is 5.43. The Hall–Kier alpha value is -1.55. The minimum absolute atomic E-state index is 0.116. The lowest BCUT2D eigenvalue weighted by Crippen LogP contribution is -2.58. The van der Waals surface area contributed by atoms with Crippen LogP contribution in [0.3, 0.4) is 0 Å². The summed E-state index contributed by atoms with van der Waals surface area (Å²) < 4.78 is 13.2. The lowest BCUT2D eigenvalue weighted by Gasteiger charge is -2.54. The molecule has 1 saturated carbocycles. The molecule has 4 aliphatic rings. The highest BCUT2D eigenvalue weighted by Gasteiger charge is 2.64. The van der Waals surface area contributed by atoms with Crippen LogP contribution in [0, 0.1) is 17.8 Å². The van der Waals surface area contributed by atoms with Gasteiger partial charge in [0.15, 0.2) is 17.6 Å². The van der Waals surface area contributed by atoms with Crippen molar-refractivity contribution in [3.63, 3.8) is 0 Å². The molecule has 5 atom stereocenters. The van der Waals surface area contributed by atoms with Gasteiger partial charge in [-0.25, -0.2) is 0 Å². The molecule has 0 saturated heterocycles. The Kier molecular flexibility index (Phi) is 3.65. The quantitative estimate of drug-likeness (QED) is 0.626. The summed E-state index contributed by atoms with van der Waals surface area (Å²) in [5.74, 6) is 3.58. The fourth-order valence-corrected chi connectivity index (χ4v) is 6.96. The summed E-state index contributed by atoms with van der Waals surface area (Å²) in [4.78, 5) is 12.9. The predicted molar refractivity (Wildman–Crippen MR) is 114 cm³/mol. The van der Waals surface area contributed by atoms with E-state index in [4.69, 9.17) is 9.16 Å². The van der Waals surface area contributed by atoms with Crippen molar-refractivity contribution in [1.82, 2.24) is 0 Å². The number of carbonyl (C=O) groups excluding carboxylic acids is 1. The van der Waals surface area contributed by atoms with Crippen LogP contribution in [0.5, 0.6) is 11.5 Å². The van der Waals surface area contributed by atoms with Gasteiger partial charge in [0.1, 0.15) is 5.75 Å². The molecule has 1 aromatic carbocycles. The van der Waals surface area contributed by atoms with Crippen LogP contribution in [0.2, 0.25) is 18.1 Å². The van der Waals surface area contributed by atoms with Crippen molar-refractivity contribution >= 4 is 14.1 Å². The van der Waals surface area contributed by atoms with Crippen molar-refractivity contribution < 1.29 is 14.0 Å². The summed E-state index contributed by atoms with van der Waals surface area (Å²) >= 11 is 0. The molecule has 1 fully saturated rings. The van der Waals surface area contributed by atoms with E-state index in [1.807, 2.05) is 0 Å². The molecule has 4 heteroatoms. The maximum absolute atomic E-state index is 12.9. The molecule has 5 rings (SSSR count). The van der Waals surface area contributed by atoms with Gasteiger partial charge in [-0.15, -0.1) is 0 Å². The summed E-state index contributed by atoms with van der Waals surface area (Å²) in [6, 6.07) is 4.38. The Morgan fingerprint density at radius 2 is 2.00 bits per heavy atom. The van der Waals surface area contributed by atoms with Gasteiger partial charge >= 0.3 is 0 Å². The van der Waals surface area contributed by atoms with Crippen LogP contribution in [0.25, 0.3) is 0 Å². The third-order valence-corrected chi connectivity index (χ3v) is 12.9. The smallest absolute Gasteiger partial charge is 0.250 e. The average Bonchev–Trinajstić information content (AvgIpc) is 2.96. The van der Waals surface area contributed by atoms with E-state index in [1.165, 1.54) is 17.5 Å². The van der Waals surface area contributed by atoms with Crippen LogP contribution < -0.4 is 9.16 Å². The number of ether oxygens (including phenoxy) is 1. The number of rotatable bonds is 2. The zero-order valence-corrected chi connectivity index (χ0v) is 19.0. The van der Waals surface area contributed by atoms with Crippen LogP contribution in [-0.4, -0.2) is 20.2 Å². The SMILES string of the molecule is CC1CC[C@]23c4c5ccc(O[Si](C)(C)C(C)(C)C)c4OC2C(=O)C=CC3[C@H]1C5. The molecular weight excluding hydrogens is 364 g/mol. The second-order valence-corrected chi connectivity index (χ2v) is 15.7. The number of hydrogen-bond donors (Lipinski definition) is 0. The van der Waals surface area contributed by atoms with E-state index >= 15 is 0 Å². The minimum atomic E-state index is -2.00. The van der Waals surface area contributed by atoms with Gasteiger partial charge in [-0.1, -0.05) is 39.8 Å². The van der Waals surface area contributed by atoms with Gasteiger partial charge in [-0.05, 0) is 72.9 Å². The van der Waals surface area contributed by atoms with Crippen molar-refractivity contribution in [2.75, 3.05) is 0 Å². The summed E-state index contributed by atoms with van der Waals surface area (Å²) in [5.41, 5.74) is 2.52. The molecule has 3 aliphatic carbocycles. The van der Waals surface area contributed by atoms with Crippen LogP contribution in [0.1, 0.15) is 51.7 Å². The molecular formula is C24H32O3Si. The zero-order valence-electron chi connectivity index (χ0n) is 18.0. The standard InChI is InChI=1S/C24H32O3Si/c1-14-11-12-24-17-8-9-18(25)22(24)26-21-19(27-28(5,6)23(2,3)4)10-7-15(20(21)24)13-16(14)17/h7-10,14,16-17,22H,11-13H2,1-6H3/t14?,16-,17?,22?,24-/m0/s1. The van der Waals surface area contributed by atoms with Crippen molar-refractivity contribution in [2.45, 2.75) is 76.6 Å². The molecule has 0 amide bonds. The van der Waals surface area contributed by atoms with Gasteiger partial charge in [0.25, 0.3) is 8.32 Å². The molecule has 150 valence electrons. The highest BCUT2D eigenvalue weighted by Crippen LogP contribution is 2.65. The minimum Gasteiger partial charge on any atom is -0.541 e. The van der Waals surface area contributed by atoms with Crippen molar-refractivity contribution in [3.05, 3.63) is 35.4 Å². The molecule has 1 heterocycles. The van der Waals surface area contributed by atoms with Gasteiger partial charge in [0, 0.05) is 5.56 Å². The van der Waals surface area contributed by atoms with Crippen LogP contribution in [-0.2, 0) is 16.6 Å². The number of hydrogen-bond acceptors (Lipinski definition) is 3. The highest BCUT2D eigenvalue weighted by atomic mass is 28.4. The first kappa shape index (κ1) is 18.5. The fraction of sp³-hybridized carbons (Fsp3) is 0.625. The maximum Gasteiger partial charge on any atom is 0.250 e. The Morgan fingerprint density at radius 1 is 1.25 bits per heavy atom. The third kappa shape index (κ3) is 2.18. The van der Waals surface area contributed by atoms with Gasteiger partial charge in [0.2, 0.25) is 0 Å². The maximum atomic E-state index is 12.9. The second-order valence-electron chi connectivity index (χ2n) is 11.0. The van der Waals surface area contributed by atoms with Gasteiger partial charge in [-0.3, -0.25) is 4.79 Å². The summed E-state index contributed by atoms with van der Waals surface area (Å²) in [6.45, 7) is 13.7. The van der Waals surface area contributed by atoms with Crippen molar-refractivity contribution in [3.8, 4) is 11.5 Å². The first-order chi connectivity index (χ1) is 13.1. The highest BCUT2D eigenvalue weighted by molar-refractivity contribution is 6.74. The lowest BCUT2D eigenvalue weighted by molar-refractivity contribution is -0.127. The lowest BCUT2D eigenvalue weighted by atomic mass is 9.48. The molecule has 3 nitrogen and oxygen atoms in total. The zero-order chi connectivity index (χ0) is 20.1. The molecule has 0 radical (unpaired) electrons. The van der Waals surface area contributed by atoms with E-state index in [9.17, 15) is 4.79 Å². The van der Waals surface area contributed by atoms with E-state index in [-0.39, 0.29) is 22.3 Å². The van der Waals surface area contributed by atoms with Gasteiger partial charge < -0.3 is 9.16 Å². The number of carbonyl (C=O) groups is 1. The van der Waals surface area contributed by atoms with E-state index in [0.29, 0.717) is 17.8 Å². The van der Waals surface area contributed by atoms with E-state index in [1.54, 1.807) is 6.08 Å². The van der Waals surface area contributed by atoms with Crippen molar-refractivity contribution in [1.29, 1.82) is 0 Å². The molecule has 0 N–H and O–H groups in total. The molecule has 1 aromatic rings. The summed E-state index contributed by atoms with van der Waals surface area (Å²) in [6.07, 6.45) is 6.95. The fourth-order valence-electron chi connectivity index (χ4n) is 5.94. The Bertz CT molecular complexity index is 894. The van der Waals surface area contributed by atoms with E-state index in [2.05, 4.69) is 59.0 Å². The van der Waals surface area contributed by atoms with Gasteiger partial charge in [-0.2, -0.15) is 0 Å². The Balaban J connectivity index is 1.68.